The standard InChI is InChI=1S/C28H54NO13PS/c1-9-12-15-38-23(30)26(4,5)21-28(7,25(32)39-16-13-20-44(35,36)37)22-27(6,10-2)24(31)40-18-19-42-43(33,34)41-17-14-29(8)11-3/h9-22H2,1-8H3,(H,33,34)(H,35,36,37). The molecule has 0 aromatic heterocycles. The molecule has 0 bridgehead atoms. The van der Waals surface area contributed by atoms with Gasteiger partial charge in [0.25, 0.3) is 10.1 Å². The molecule has 3 unspecified atom stereocenters. The molecule has 0 aromatic rings. The highest BCUT2D eigenvalue weighted by Crippen LogP contribution is 2.46. The average Bonchev–Trinajstić information content (AvgIpc) is 2.91. The van der Waals surface area contributed by atoms with Crippen molar-refractivity contribution in [2.24, 2.45) is 16.2 Å². The van der Waals surface area contributed by atoms with Gasteiger partial charge >= 0.3 is 25.7 Å². The second kappa shape index (κ2) is 19.1. The second-order valence-corrected chi connectivity index (χ2v) is 15.2. The molecule has 0 rings (SSSR count). The molecule has 0 aromatic carbocycles. The van der Waals surface area contributed by atoms with Crippen molar-refractivity contribution in [2.75, 3.05) is 58.9 Å². The van der Waals surface area contributed by atoms with E-state index in [2.05, 4.69) is 0 Å². The van der Waals surface area contributed by atoms with Crippen molar-refractivity contribution < 1.29 is 60.1 Å². The summed E-state index contributed by atoms with van der Waals surface area (Å²) in [6.45, 7) is 12.3. The number of phosphoric ester groups is 1. The zero-order chi connectivity index (χ0) is 34.2. The fraction of sp³-hybridized carbons (Fsp3) is 0.893. The van der Waals surface area contributed by atoms with Crippen molar-refractivity contribution in [1.82, 2.24) is 4.90 Å². The fourth-order valence-electron chi connectivity index (χ4n) is 4.51. The summed E-state index contributed by atoms with van der Waals surface area (Å²) < 4.78 is 69.1. The number of ether oxygens (including phenoxy) is 3. The van der Waals surface area contributed by atoms with Gasteiger partial charge in [0.1, 0.15) is 6.61 Å². The molecule has 0 heterocycles. The maximum absolute atomic E-state index is 13.5. The van der Waals surface area contributed by atoms with E-state index in [0.717, 1.165) is 13.0 Å². The van der Waals surface area contributed by atoms with E-state index in [-0.39, 0.29) is 52.1 Å². The van der Waals surface area contributed by atoms with Gasteiger partial charge in [0.15, 0.2) is 0 Å². The number of carbonyl (C=O) groups is 3. The molecular weight excluding hydrogens is 621 g/mol. The van der Waals surface area contributed by atoms with Gasteiger partial charge < -0.3 is 24.0 Å². The third-order valence-electron chi connectivity index (χ3n) is 7.28. The lowest BCUT2D eigenvalue weighted by Gasteiger charge is -2.39. The summed E-state index contributed by atoms with van der Waals surface area (Å²) in [6, 6.07) is 0. The Kier molecular flexibility index (Phi) is 18.4. The van der Waals surface area contributed by atoms with Crippen LogP contribution >= 0.6 is 7.82 Å². The highest BCUT2D eigenvalue weighted by Gasteiger charge is 2.50. The lowest BCUT2D eigenvalue weighted by atomic mass is 9.65. The Hall–Kier alpha value is -1.61. The van der Waals surface area contributed by atoms with Gasteiger partial charge in [-0.15, -0.1) is 0 Å². The van der Waals surface area contributed by atoms with Crippen molar-refractivity contribution in [3.63, 3.8) is 0 Å². The van der Waals surface area contributed by atoms with E-state index in [1.807, 2.05) is 25.8 Å². The molecule has 2 N–H and O–H groups in total. The molecule has 14 nitrogen and oxygen atoms in total. The molecule has 0 spiro atoms. The smallest absolute Gasteiger partial charge is 0.465 e. The van der Waals surface area contributed by atoms with Crippen LogP contribution in [-0.4, -0.2) is 99.6 Å². The number of hydrogen-bond acceptors (Lipinski definition) is 12. The Labute approximate surface area is 262 Å². The predicted molar refractivity (Wildman–Crippen MR) is 163 cm³/mol. The van der Waals surface area contributed by atoms with Crippen LogP contribution in [0.5, 0.6) is 0 Å². The molecule has 0 fully saturated rings. The van der Waals surface area contributed by atoms with Crippen LogP contribution in [0.4, 0.5) is 0 Å². The Morgan fingerprint density at radius 2 is 1.30 bits per heavy atom. The van der Waals surface area contributed by atoms with Gasteiger partial charge in [-0.25, -0.2) is 4.57 Å². The molecule has 0 saturated heterocycles. The van der Waals surface area contributed by atoms with Crippen molar-refractivity contribution >= 4 is 35.8 Å². The quantitative estimate of drug-likeness (QED) is 0.0490. The third-order valence-corrected chi connectivity index (χ3v) is 9.10. The molecule has 0 amide bonds. The van der Waals surface area contributed by atoms with Gasteiger partial charge in [-0.2, -0.15) is 8.42 Å². The van der Waals surface area contributed by atoms with Crippen LogP contribution in [0.3, 0.4) is 0 Å². The molecular formula is C28H54NO13PS. The average molecular weight is 676 g/mol. The molecule has 0 aliphatic heterocycles. The van der Waals surface area contributed by atoms with Gasteiger partial charge in [-0.3, -0.25) is 28.0 Å². The summed E-state index contributed by atoms with van der Waals surface area (Å²) in [7, 11) is -6.78. The summed E-state index contributed by atoms with van der Waals surface area (Å²) in [5.74, 6) is -2.58. The Bertz CT molecular complexity index is 1070. The second-order valence-electron chi connectivity index (χ2n) is 12.1. The Morgan fingerprint density at radius 3 is 1.84 bits per heavy atom. The third kappa shape index (κ3) is 16.6. The minimum atomic E-state index is -4.36. The predicted octanol–water partition coefficient (Wildman–Crippen LogP) is 4.01. The van der Waals surface area contributed by atoms with E-state index in [9.17, 15) is 32.3 Å². The maximum atomic E-state index is 13.5. The van der Waals surface area contributed by atoms with Crippen LogP contribution in [0, 0.1) is 16.2 Å². The number of nitrogens with zero attached hydrogens (tertiary/aromatic N) is 1. The number of rotatable bonds is 24. The monoisotopic (exact) mass is 675 g/mol. The van der Waals surface area contributed by atoms with Crippen molar-refractivity contribution in [2.45, 2.75) is 87.0 Å². The SMILES string of the molecule is CCCCOC(=O)C(C)(C)CC(C)(CC(C)(CC)C(=O)OCCOP(=O)(O)OCCN(C)CC)C(=O)OCCCS(=O)(=O)O. The highest BCUT2D eigenvalue weighted by atomic mass is 32.2. The molecule has 0 radical (unpaired) electrons. The lowest BCUT2D eigenvalue weighted by Crippen LogP contribution is -2.44. The van der Waals surface area contributed by atoms with Gasteiger partial charge in [0.05, 0.1) is 48.4 Å². The van der Waals surface area contributed by atoms with Crippen LogP contribution in [0.15, 0.2) is 0 Å². The number of carbonyl (C=O) groups excluding carboxylic acids is 3. The van der Waals surface area contributed by atoms with Crippen LogP contribution in [0.2, 0.25) is 0 Å². The van der Waals surface area contributed by atoms with E-state index in [4.69, 9.17) is 27.8 Å². The number of hydrogen-bond donors (Lipinski definition) is 2. The summed E-state index contributed by atoms with van der Waals surface area (Å²) in [5, 5.41) is 0. The Morgan fingerprint density at radius 1 is 0.773 bits per heavy atom. The first kappa shape index (κ1) is 42.4. The van der Waals surface area contributed by atoms with Crippen molar-refractivity contribution in [3.8, 4) is 0 Å². The topological polar surface area (TPSA) is 192 Å². The largest absolute Gasteiger partial charge is 0.472 e. The van der Waals surface area contributed by atoms with Gasteiger partial charge in [-0.05, 0) is 73.4 Å². The zero-order valence-corrected chi connectivity index (χ0v) is 29.3. The van der Waals surface area contributed by atoms with Gasteiger partial charge in [-0.1, -0.05) is 27.2 Å². The molecule has 0 aliphatic rings. The zero-order valence-electron chi connectivity index (χ0n) is 27.6. The van der Waals surface area contributed by atoms with E-state index >= 15 is 0 Å². The summed E-state index contributed by atoms with van der Waals surface area (Å²) in [5.41, 5.74) is -3.84. The van der Waals surface area contributed by atoms with Crippen LogP contribution in [-0.2, 0) is 52.3 Å². The lowest BCUT2D eigenvalue weighted by molar-refractivity contribution is -0.169. The Balaban J connectivity index is 5.64. The molecule has 0 aliphatic carbocycles. The number of esters is 3. The molecule has 44 heavy (non-hydrogen) atoms. The maximum Gasteiger partial charge on any atom is 0.472 e. The molecule has 260 valence electrons. The van der Waals surface area contributed by atoms with E-state index in [1.54, 1.807) is 34.6 Å². The van der Waals surface area contributed by atoms with Crippen LogP contribution in [0.25, 0.3) is 0 Å². The van der Waals surface area contributed by atoms with Gasteiger partial charge in [0.2, 0.25) is 0 Å². The van der Waals surface area contributed by atoms with Crippen LogP contribution in [0.1, 0.15) is 87.0 Å². The first-order chi connectivity index (χ1) is 20.2. The first-order valence-corrected chi connectivity index (χ1v) is 18.0. The minimum absolute atomic E-state index is 0.0290. The van der Waals surface area contributed by atoms with E-state index in [0.29, 0.717) is 13.0 Å². The number of unbranched alkanes of at least 4 members (excludes halogenated alkanes) is 1. The molecule has 0 saturated carbocycles. The number of phosphoric acid groups is 1. The summed E-state index contributed by atoms with van der Waals surface area (Å²) in [4.78, 5) is 51.4. The highest BCUT2D eigenvalue weighted by molar-refractivity contribution is 7.85. The number of likely N-dealkylation sites (N-methyl/N-ethyl adjacent to an activating group) is 1. The van der Waals surface area contributed by atoms with Crippen molar-refractivity contribution in [3.05, 3.63) is 0 Å². The molecule has 16 heteroatoms. The molecule has 3 atom stereocenters. The summed E-state index contributed by atoms with van der Waals surface area (Å²) >= 11 is 0. The van der Waals surface area contributed by atoms with Gasteiger partial charge in [0, 0.05) is 6.54 Å². The van der Waals surface area contributed by atoms with E-state index < -0.39 is 64.5 Å². The van der Waals surface area contributed by atoms with Crippen LogP contribution < -0.4 is 0 Å². The van der Waals surface area contributed by atoms with Crippen molar-refractivity contribution in [1.29, 1.82) is 0 Å². The summed E-state index contributed by atoms with van der Waals surface area (Å²) in [6.07, 6.45) is 1.41. The first-order valence-electron chi connectivity index (χ1n) is 14.9. The van der Waals surface area contributed by atoms with E-state index in [1.165, 1.54) is 0 Å². The normalized spacial score (nSPS) is 16.4. The minimum Gasteiger partial charge on any atom is -0.465 e. The fourth-order valence-corrected chi connectivity index (χ4v) is 5.69.